The van der Waals surface area contributed by atoms with Gasteiger partial charge in [-0.05, 0) is 61.1 Å². The lowest BCUT2D eigenvalue weighted by Gasteiger charge is -2.35. The monoisotopic (exact) mass is 280 g/mol. The standard InChI is InChI=1S/C16H24S2/c1-13-6-7-15(10-14(13)2)18-12-16(11-17)8-4-3-5-9-16/h6-7,10,17H,3-5,8-9,11-12H2,1-2H3. The lowest BCUT2D eigenvalue weighted by molar-refractivity contribution is 0.259. The summed E-state index contributed by atoms with van der Waals surface area (Å²) >= 11 is 6.64. The van der Waals surface area contributed by atoms with Crippen molar-refractivity contribution in [3.05, 3.63) is 29.3 Å². The van der Waals surface area contributed by atoms with E-state index in [0.717, 1.165) is 5.75 Å². The van der Waals surface area contributed by atoms with Gasteiger partial charge in [-0.15, -0.1) is 11.8 Å². The summed E-state index contributed by atoms with van der Waals surface area (Å²) in [5.41, 5.74) is 3.29. The molecule has 0 spiro atoms. The van der Waals surface area contributed by atoms with Gasteiger partial charge < -0.3 is 0 Å². The van der Waals surface area contributed by atoms with Crippen molar-refractivity contribution in [2.45, 2.75) is 50.8 Å². The van der Waals surface area contributed by atoms with Gasteiger partial charge in [0, 0.05) is 10.6 Å². The van der Waals surface area contributed by atoms with Crippen LogP contribution in [0.15, 0.2) is 23.1 Å². The highest BCUT2D eigenvalue weighted by atomic mass is 32.2. The first-order chi connectivity index (χ1) is 8.65. The van der Waals surface area contributed by atoms with E-state index in [1.807, 2.05) is 11.8 Å². The number of hydrogen-bond acceptors (Lipinski definition) is 2. The Bertz CT molecular complexity index is 392. The van der Waals surface area contributed by atoms with Crippen LogP contribution in [0.3, 0.4) is 0 Å². The first-order valence-electron chi connectivity index (χ1n) is 6.96. The van der Waals surface area contributed by atoms with Crippen LogP contribution in [0.4, 0.5) is 0 Å². The van der Waals surface area contributed by atoms with E-state index in [2.05, 4.69) is 44.7 Å². The first-order valence-corrected chi connectivity index (χ1v) is 8.58. The van der Waals surface area contributed by atoms with Gasteiger partial charge in [-0.25, -0.2) is 0 Å². The summed E-state index contributed by atoms with van der Waals surface area (Å²) in [6.07, 6.45) is 6.95. The van der Waals surface area contributed by atoms with Crippen molar-refractivity contribution < 1.29 is 0 Å². The van der Waals surface area contributed by atoms with Crippen LogP contribution < -0.4 is 0 Å². The molecule has 2 rings (SSSR count). The maximum absolute atomic E-state index is 4.62. The van der Waals surface area contributed by atoms with E-state index in [9.17, 15) is 0 Å². The minimum atomic E-state index is 0.491. The smallest absolute Gasteiger partial charge is 0.00749 e. The molecule has 0 aliphatic heterocycles. The van der Waals surface area contributed by atoms with Gasteiger partial charge in [0.25, 0.3) is 0 Å². The Labute approximate surface area is 121 Å². The molecule has 0 bridgehead atoms. The molecule has 0 radical (unpaired) electrons. The fourth-order valence-electron chi connectivity index (χ4n) is 2.69. The van der Waals surface area contributed by atoms with Gasteiger partial charge in [-0.2, -0.15) is 12.6 Å². The van der Waals surface area contributed by atoms with Crippen LogP contribution >= 0.6 is 24.4 Å². The van der Waals surface area contributed by atoms with Crippen molar-refractivity contribution in [3.63, 3.8) is 0 Å². The summed E-state index contributed by atoms with van der Waals surface area (Å²) in [7, 11) is 0. The molecule has 18 heavy (non-hydrogen) atoms. The largest absolute Gasteiger partial charge is 0.179 e. The highest BCUT2D eigenvalue weighted by molar-refractivity contribution is 7.99. The predicted molar refractivity (Wildman–Crippen MR) is 86.0 cm³/mol. The average Bonchev–Trinajstić information content (AvgIpc) is 2.41. The quantitative estimate of drug-likeness (QED) is 0.578. The van der Waals surface area contributed by atoms with E-state index in [1.54, 1.807) is 0 Å². The molecule has 1 aliphatic carbocycles. The third-order valence-electron chi connectivity index (χ3n) is 4.27. The second-order valence-corrected chi connectivity index (χ2v) is 7.12. The molecule has 0 nitrogen and oxygen atoms in total. The molecule has 2 heteroatoms. The van der Waals surface area contributed by atoms with E-state index in [0.29, 0.717) is 5.41 Å². The molecule has 0 aromatic heterocycles. The van der Waals surface area contributed by atoms with Gasteiger partial charge in [-0.3, -0.25) is 0 Å². The summed E-state index contributed by atoms with van der Waals surface area (Å²) in [6.45, 7) is 4.38. The van der Waals surface area contributed by atoms with Gasteiger partial charge in [0.15, 0.2) is 0 Å². The Balaban J connectivity index is 1.98. The topological polar surface area (TPSA) is 0 Å². The minimum Gasteiger partial charge on any atom is -0.179 e. The van der Waals surface area contributed by atoms with Crippen molar-refractivity contribution in [2.24, 2.45) is 5.41 Å². The Morgan fingerprint density at radius 2 is 1.83 bits per heavy atom. The second-order valence-electron chi connectivity index (χ2n) is 5.75. The summed E-state index contributed by atoms with van der Waals surface area (Å²) < 4.78 is 0. The van der Waals surface area contributed by atoms with Crippen LogP contribution in [-0.2, 0) is 0 Å². The molecule has 0 heterocycles. The van der Waals surface area contributed by atoms with Gasteiger partial charge in [-0.1, -0.05) is 25.3 Å². The summed E-state index contributed by atoms with van der Waals surface area (Å²) in [6, 6.07) is 6.84. The van der Waals surface area contributed by atoms with Crippen LogP contribution in [-0.4, -0.2) is 11.5 Å². The second kappa shape index (κ2) is 6.38. The Kier molecular flexibility index (Phi) is 5.08. The van der Waals surface area contributed by atoms with Gasteiger partial charge in [0.05, 0.1) is 0 Å². The SMILES string of the molecule is Cc1ccc(SCC2(CS)CCCCC2)cc1C. The first kappa shape index (κ1) is 14.3. The van der Waals surface area contributed by atoms with Gasteiger partial charge in [0.1, 0.15) is 0 Å². The number of thiol groups is 1. The molecule has 1 aliphatic rings. The summed E-state index contributed by atoms with van der Waals surface area (Å²) in [5.74, 6) is 2.28. The molecular weight excluding hydrogens is 256 g/mol. The maximum atomic E-state index is 4.62. The van der Waals surface area contributed by atoms with Crippen LogP contribution in [0.1, 0.15) is 43.2 Å². The van der Waals surface area contributed by atoms with E-state index < -0.39 is 0 Å². The minimum absolute atomic E-state index is 0.491. The highest BCUT2D eigenvalue weighted by Gasteiger charge is 2.30. The number of hydrogen-bond donors (Lipinski definition) is 1. The Morgan fingerprint density at radius 1 is 1.11 bits per heavy atom. The molecule has 0 atom stereocenters. The number of thioether (sulfide) groups is 1. The fraction of sp³-hybridized carbons (Fsp3) is 0.625. The van der Waals surface area contributed by atoms with Gasteiger partial charge in [0.2, 0.25) is 0 Å². The normalized spacial score (nSPS) is 18.8. The molecule has 0 saturated heterocycles. The van der Waals surface area contributed by atoms with Crippen molar-refractivity contribution in [1.82, 2.24) is 0 Å². The molecule has 1 aromatic carbocycles. The highest BCUT2D eigenvalue weighted by Crippen LogP contribution is 2.41. The van der Waals surface area contributed by atoms with Crippen LogP contribution in [0.25, 0.3) is 0 Å². The lowest BCUT2D eigenvalue weighted by atomic mass is 9.77. The molecule has 0 amide bonds. The molecular formula is C16H24S2. The molecule has 1 aromatic rings. The van der Waals surface area contributed by atoms with Crippen molar-refractivity contribution in [3.8, 4) is 0 Å². The maximum Gasteiger partial charge on any atom is 0.00749 e. The zero-order chi connectivity index (χ0) is 13.0. The fourth-order valence-corrected chi connectivity index (χ4v) is 4.56. The Hall–Kier alpha value is -0.0800. The van der Waals surface area contributed by atoms with E-state index in [-0.39, 0.29) is 0 Å². The zero-order valence-electron chi connectivity index (χ0n) is 11.5. The zero-order valence-corrected chi connectivity index (χ0v) is 13.2. The van der Waals surface area contributed by atoms with Crippen molar-refractivity contribution >= 4 is 24.4 Å². The van der Waals surface area contributed by atoms with E-state index in [1.165, 1.54) is 53.9 Å². The Morgan fingerprint density at radius 3 is 2.44 bits per heavy atom. The third-order valence-corrected chi connectivity index (χ3v) is 6.29. The lowest BCUT2D eigenvalue weighted by Crippen LogP contribution is -2.28. The number of benzene rings is 1. The number of aryl methyl sites for hydroxylation is 2. The van der Waals surface area contributed by atoms with E-state index in [4.69, 9.17) is 0 Å². The van der Waals surface area contributed by atoms with Crippen LogP contribution in [0.5, 0.6) is 0 Å². The van der Waals surface area contributed by atoms with Crippen molar-refractivity contribution in [1.29, 1.82) is 0 Å². The predicted octanol–water partition coefficient (Wildman–Crippen LogP) is 5.28. The molecule has 0 N–H and O–H groups in total. The van der Waals surface area contributed by atoms with Crippen LogP contribution in [0.2, 0.25) is 0 Å². The summed E-state index contributed by atoms with van der Waals surface area (Å²) in [5, 5.41) is 0. The van der Waals surface area contributed by atoms with E-state index >= 15 is 0 Å². The average molecular weight is 281 g/mol. The third kappa shape index (κ3) is 3.48. The van der Waals surface area contributed by atoms with Crippen molar-refractivity contribution in [2.75, 3.05) is 11.5 Å². The van der Waals surface area contributed by atoms with Crippen LogP contribution in [0, 0.1) is 19.3 Å². The van der Waals surface area contributed by atoms with Gasteiger partial charge >= 0.3 is 0 Å². The molecule has 1 fully saturated rings. The molecule has 1 saturated carbocycles. The summed E-state index contributed by atoms with van der Waals surface area (Å²) in [4.78, 5) is 1.42. The molecule has 100 valence electrons. The molecule has 0 unspecified atom stereocenters. The number of rotatable bonds is 4.